The van der Waals surface area contributed by atoms with Crippen LogP contribution in [0.25, 0.3) is 0 Å². The number of aryl methyl sites for hydroxylation is 1. The van der Waals surface area contributed by atoms with Crippen molar-refractivity contribution in [2.45, 2.75) is 12.8 Å². The number of amides is 1. The Morgan fingerprint density at radius 1 is 1.08 bits per heavy atom. The molecule has 1 aliphatic heterocycles. The third-order valence-electron chi connectivity index (χ3n) is 4.33. The maximum Gasteiger partial charge on any atom is 0.274 e. The van der Waals surface area contributed by atoms with Crippen molar-refractivity contribution in [2.24, 2.45) is 0 Å². The summed E-state index contributed by atoms with van der Waals surface area (Å²) in [6.07, 6.45) is 3.70. The van der Waals surface area contributed by atoms with Gasteiger partial charge >= 0.3 is 0 Å². The fourth-order valence-corrected chi connectivity index (χ4v) is 3.20. The van der Waals surface area contributed by atoms with Gasteiger partial charge in [0, 0.05) is 29.1 Å². The van der Waals surface area contributed by atoms with Gasteiger partial charge in [-0.25, -0.2) is 9.97 Å². The molecule has 0 unspecified atom stereocenters. The van der Waals surface area contributed by atoms with Crippen LogP contribution in [0, 0.1) is 0 Å². The van der Waals surface area contributed by atoms with E-state index < -0.39 is 0 Å². The SMILES string of the molecule is O=C(Nc1ccc(Cl)cc1)c1ccnc(N2CCCc3ccccc32)n1. The van der Waals surface area contributed by atoms with E-state index >= 15 is 0 Å². The Labute approximate surface area is 156 Å². The van der Waals surface area contributed by atoms with Crippen molar-refractivity contribution >= 4 is 34.8 Å². The molecule has 0 atom stereocenters. The fraction of sp³-hybridized carbons (Fsp3) is 0.150. The number of nitrogens with zero attached hydrogens (tertiary/aromatic N) is 3. The first-order chi connectivity index (χ1) is 12.7. The van der Waals surface area contributed by atoms with E-state index in [-0.39, 0.29) is 5.91 Å². The molecular weight excluding hydrogens is 348 g/mol. The topological polar surface area (TPSA) is 58.1 Å². The molecule has 130 valence electrons. The van der Waals surface area contributed by atoms with Crippen molar-refractivity contribution < 1.29 is 4.79 Å². The second-order valence-electron chi connectivity index (χ2n) is 6.09. The highest BCUT2D eigenvalue weighted by Crippen LogP contribution is 2.31. The summed E-state index contributed by atoms with van der Waals surface area (Å²) in [6.45, 7) is 0.833. The van der Waals surface area contributed by atoms with E-state index in [1.807, 2.05) is 12.1 Å². The van der Waals surface area contributed by atoms with Crippen LogP contribution in [0.1, 0.15) is 22.5 Å². The molecule has 0 radical (unpaired) electrons. The molecule has 4 rings (SSSR count). The third kappa shape index (κ3) is 3.39. The second-order valence-corrected chi connectivity index (χ2v) is 6.52. The summed E-state index contributed by atoms with van der Waals surface area (Å²) in [5.74, 6) is 0.266. The molecule has 1 aromatic heterocycles. The van der Waals surface area contributed by atoms with Crippen LogP contribution in [-0.2, 0) is 6.42 Å². The van der Waals surface area contributed by atoms with Crippen molar-refractivity contribution in [2.75, 3.05) is 16.8 Å². The Morgan fingerprint density at radius 2 is 1.88 bits per heavy atom. The first kappa shape index (κ1) is 16.5. The predicted molar refractivity (Wildman–Crippen MR) is 103 cm³/mol. The molecule has 26 heavy (non-hydrogen) atoms. The molecule has 2 heterocycles. The van der Waals surface area contributed by atoms with Crippen LogP contribution in [0.2, 0.25) is 5.02 Å². The van der Waals surface area contributed by atoms with Crippen molar-refractivity contribution in [1.29, 1.82) is 0 Å². The van der Waals surface area contributed by atoms with Crippen LogP contribution < -0.4 is 10.2 Å². The largest absolute Gasteiger partial charge is 0.321 e. The maximum atomic E-state index is 12.5. The molecule has 3 aromatic rings. The Balaban J connectivity index is 1.59. The number of para-hydroxylation sites is 1. The molecule has 6 heteroatoms. The van der Waals surface area contributed by atoms with Crippen LogP contribution >= 0.6 is 11.6 Å². The Hall–Kier alpha value is -2.92. The van der Waals surface area contributed by atoms with Gasteiger partial charge in [-0.05, 0) is 54.8 Å². The number of hydrogen-bond acceptors (Lipinski definition) is 4. The first-order valence-corrected chi connectivity index (χ1v) is 8.84. The quantitative estimate of drug-likeness (QED) is 0.745. The minimum absolute atomic E-state index is 0.277. The van der Waals surface area contributed by atoms with Gasteiger partial charge in [-0.1, -0.05) is 29.8 Å². The zero-order valence-electron chi connectivity index (χ0n) is 14.0. The van der Waals surface area contributed by atoms with Gasteiger partial charge in [-0.2, -0.15) is 0 Å². The molecule has 0 aliphatic carbocycles. The predicted octanol–water partition coefficient (Wildman–Crippen LogP) is 4.47. The number of hydrogen-bond donors (Lipinski definition) is 1. The fourth-order valence-electron chi connectivity index (χ4n) is 3.07. The van der Waals surface area contributed by atoms with Crippen LogP contribution in [0.5, 0.6) is 0 Å². The molecular formula is C20H17ClN4O. The molecule has 2 aromatic carbocycles. The lowest BCUT2D eigenvalue weighted by molar-refractivity contribution is 0.102. The van der Waals surface area contributed by atoms with Gasteiger partial charge in [0.2, 0.25) is 5.95 Å². The van der Waals surface area contributed by atoms with Gasteiger partial charge in [0.25, 0.3) is 5.91 Å². The molecule has 5 nitrogen and oxygen atoms in total. The summed E-state index contributed by atoms with van der Waals surface area (Å²) in [6, 6.07) is 16.8. The number of carbonyl (C=O) groups is 1. The number of benzene rings is 2. The normalized spacial score (nSPS) is 13.2. The summed E-state index contributed by atoms with van der Waals surface area (Å²) in [5, 5.41) is 3.45. The summed E-state index contributed by atoms with van der Waals surface area (Å²) in [4.78, 5) is 23.5. The van der Waals surface area contributed by atoms with Crippen LogP contribution in [-0.4, -0.2) is 22.4 Å². The van der Waals surface area contributed by atoms with Crippen LogP contribution in [0.15, 0.2) is 60.8 Å². The zero-order chi connectivity index (χ0) is 17.9. The minimum Gasteiger partial charge on any atom is -0.321 e. The lowest BCUT2D eigenvalue weighted by Gasteiger charge is -2.29. The highest BCUT2D eigenvalue weighted by Gasteiger charge is 2.20. The number of nitrogens with one attached hydrogen (secondary N) is 1. The highest BCUT2D eigenvalue weighted by atomic mass is 35.5. The number of fused-ring (bicyclic) bond motifs is 1. The van der Waals surface area contributed by atoms with E-state index in [2.05, 4.69) is 32.3 Å². The van der Waals surface area contributed by atoms with E-state index in [9.17, 15) is 4.79 Å². The van der Waals surface area contributed by atoms with Crippen molar-refractivity contribution in [3.05, 3.63) is 77.1 Å². The Kier molecular flexibility index (Phi) is 4.54. The zero-order valence-corrected chi connectivity index (χ0v) is 14.8. The molecule has 0 spiro atoms. The van der Waals surface area contributed by atoms with Gasteiger partial charge < -0.3 is 10.2 Å². The summed E-state index contributed by atoms with van der Waals surface area (Å²) in [7, 11) is 0. The second kappa shape index (κ2) is 7.14. The minimum atomic E-state index is -0.277. The molecule has 0 saturated carbocycles. The van der Waals surface area contributed by atoms with E-state index in [0.29, 0.717) is 22.4 Å². The van der Waals surface area contributed by atoms with E-state index in [1.54, 1.807) is 36.5 Å². The van der Waals surface area contributed by atoms with E-state index in [1.165, 1.54) is 5.56 Å². The summed E-state index contributed by atoms with van der Waals surface area (Å²) >= 11 is 5.87. The smallest absolute Gasteiger partial charge is 0.274 e. The number of rotatable bonds is 3. The monoisotopic (exact) mass is 364 g/mol. The first-order valence-electron chi connectivity index (χ1n) is 8.46. The van der Waals surface area contributed by atoms with E-state index in [4.69, 9.17) is 11.6 Å². The number of halogens is 1. The van der Waals surface area contributed by atoms with Gasteiger partial charge in [0.05, 0.1) is 0 Å². The number of carbonyl (C=O) groups excluding carboxylic acids is 1. The lowest BCUT2D eigenvalue weighted by Crippen LogP contribution is -2.27. The molecule has 0 bridgehead atoms. The van der Waals surface area contributed by atoms with Gasteiger partial charge in [0.15, 0.2) is 0 Å². The number of anilines is 3. The van der Waals surface area contributed by atoms with Crippen LogP contribution in [0.4, 0.5) is 17.3 Å². The molecule has 1 aliphatic rings. The van der Waals surface area contributed by atoms with Crippen molar-refractivity contribution in [1.82, 2.24) is 9.97 Å². The molecule has 1 amide bonds. The standard InChI is InChI=1S/C20H17ClN4O/c21-15-7-9-16(10-8-15)23-19(26)17-11-12-22-20(24-17)25-13-3-5-14-4-1-2-6-18(14)25/h1-2,4,6-12H,3,5,13H2,(H,23,26). The van der Waals surface area contributed by atoms with Gasteiger partial charge in [-0.3, -0.25) is 4.79 Å². The highest BCUT2D eigenvalue weighted by molar-refractivity contribution is 6.30. The summed E-state index contributed by atoms with van der Waals surface area (Å²) < 4.78 is 0. The number of aromatic nitrogens is 2. The van der Waals surface area contributed by atoms with Crippen LogP contribution in [0.3, 0.4) is 0 Å². The lowest BCUT2D eigenvalue weighted by atomic mass is 10.0. The van der Waals surface area contributed by atoms with E-state index in [0.717, 1.165) is 25.1 Å². The van der Waals surface area contributed by atoms with Gasteiger partial charge in [0.1, 0.15) is 5.69 Å². The molecule has 1 N–H and O–H groups in total. The maximum absolute atomic E-state index is 12.5. The van der Waals surface area contributed by atoms with Crippen molar-refractivity contribution in [3.8, 4) is 0 Å². The average Bonchev–Trinajstić information content (AvgIpc) is 2.69. The Bertz CT molecular complexity index is 943. The molecule has 0 saturated heterocycles. The van der Waals surface area contributed by atoms with Gasteiger partial charge in [-0.15, -0.1) is 0 Å². The third-order valence-corrected chi connectivity index (χ3v) is 4.58. The van der Waals surface area contributed by atoms with Crippen molar-refractivity contribution in [3.63, 3.8) is 0 Å². The summed E-state index contributed by atoms with van der Waals surface area (Å²) in [5.41, 5.74) is 3.38. The molecule has 0 fully saturated rings. The average molecular weight is 365 g/mol. The Morgan fingerprint density at radius 3 is 2.73 bits per heavy atom.